The van der Waals surface area contributed by atoms with Crippen LogP contribution in [0.2, 0.25) is 0 Å². The van der Waals surface area contributed by atoms with Crippen molar-refractivity contribution >= 4 is 34.1 Å². The molecule has 2 rings (SSSR count). The quantitative estimate of drug-likeness (QED) is 0.596. The molecule has 1 aromatic rings. The highest BCUT2D eigenvalue weighted by Crippen LogP contribution is 2.26. The minimum atomic E-state index is 0.0922. The van der Waals surface area contributed by atoms with E-state index in [-0.39, 0.29) is 5.91 Å². The van der Waals surface area contributed by atoms with Crippen LogP contribution < -0.4 is 10.6 Å². The maximum absolute atomic E-state index is 12.0. The first-order valence-corrected chi connectivity index (χ1v) is 9.09. The first-order valence-electron chi connectivity index (χ1n) is 7.29. The van der Waals surface area contributed by atoms with Gasteiger partial charge in [-0.3, -0.25) is 4.79 Å². The molecular formula is C14H22N4OS2. The fourth-order valence-corrected chi connectivity index (χ4v) is 3.98. The van der Waals surface area contributed by atoms with Crippen LogP contribution in [0.5, 0.6) is 0 Å². The summed E-state index contributed by atoms with van der Waals surface area (Å²) in [6, 6.07) is 0.339. The summed E-state index contributed by atoms with van der Waals surface area (Å²) in [4.78, 5) is 12.0. The first-order chi connectivity index (χ1) is 10.2. The number of carbonyl (C=O) groups is 1. The minimum absolute atomic E-state index is 0.0922. The smallest absolute Gasteiger partial charge is 0.230 e. The molecule has 1 amide bonds. The second-order valence-electron chi connectivity index (χ2n) is 5.27. The van der Waals surface area contributed by atoms with Gasteiger partial charge in [-0.05, 0) is 18.8 Å². The molecule has 1 saturated carbocycles. The van der Waals surface area contributed by atoms with Crippen molar-refractivity contribution in [2.45, 2.75) is 43.0 Å². The van der Waals surface area contributed by atoms with E-state index < -0.39 is 0 Å². The molecule has 2 N–H and O–H groups in total. The van der Waals surface area contributed by atoms with Crippen LogP contribution in [0.15, 0.2) is 17.0 Å². The SMILES string of the molecule is C=CCNc1nnc(SCC(=O)N[C@@H]2CCCC[C@H]2C)s1. The van der Waals surface area contributed by atoms with E-state index in [2.05, 4.69) is 34.3 Å². The summed E-state index contributed by atoms with van der Waals surface area (Å²) in [5.74, 6) is 1.08. The van der Waals surface area contributed by atoms with Crippen molar-refractivity contribution in [1.29, 1.82) is 0 Å². The highest BCUT2D eigenvalue weighted by Gasteiger charge is 2.22. The van der Waals surface area contributed by atoms with Crippen LogP contribution in [0.4, 0.5) is 5.13 Å². The summed E-state index contributed by atoms with van der Waals surface area (Å²) >= 11 is 2.90. The summed E-state index contributed by atoms with van der Waals surface area (Å²) in [5.41, 5.74) is 0. The maximum atomic E-state index is 12.0. The Bertz CT molecular complexity index is 477. The van der Waals surface area contributed by atoms with Gasteiger partial charge in [-0.25, -0.2) is 0 Å². The highest BCUT2D eigenvalue weighted by molar-refractivity contribution is 8.01. The molecule has 1 aromatic heterocycles. The van der Waals surface area contributed by atoms with Gasteiger partial charge in [0.25, 0.3) is 0 Å². The lowest BCUT2D eigenvalue weighted by molar-refractivity contribution is -0.119. The molecular weight excluding hydrogens is 304 g/mol. The number of rotatable bonds is 7. The molecule has 2 atom stereocenters. The van der Waals surface area contributed by atoms with Gasteiger partial charge in [-0.1, -0.05) is 48.9 Å². The maximum Gasteiger partial charge on any atom is 0.230 e. The predicted octanol–water partition coefficient (Wildman–Crippen LogP) is 2.92. The van der Waals surface area contributed by atoms with Gasteiger partial charge < -0.3 is 10.6 Å². The molecule has 0 bridgehead atoms. The molecule has 116 valence electrons. The molecule has 1 aliphatic carbocycles. The molecule has 0 aromatic carbocycles. The Morgan fingerprint density at radius 3 is 3.05 bits per heavy atom. The van der Waals surface area contributed by atoms with Crippen LogP contribution >= 0.6 is 23.1 Å². The van der Waals surface area contributed by atoms with Gasteiger partial charge in [-0.2, -0.15) is 0 Å². The van der Waals surface area contributed by atoms with Gasteiger partial charge in [0.2, 0.25) is 11.0 Å². The van der Waals surface area contributed by atoms with E-state index in [1.807, 2.05) is 0 Å². The van der Waals surface area contributed by atoms with Gasteiger partial charge in [0.15, 0.2) is 4.34 Å². The molecule has 0 aliphatic heterocycles. The number of hydrogen-bond acceptors (Lipinski definition) is 6. The Labute approximate surface area is 134 Å². The van der Waals surface area contributed by atoms with Crippen molar-refractivity contribution in [2.24, 2.45) is 5.92 Å². The molecule has 1 fully saturated rings. The Kier molecular flexibility index (Phi) is 6.50. The summed E-state index contributed by atoms with van der Waals surface area (Å²) in [7, 11) is 0. The van der Waals surface area contributed by atoms with E-state index in [1.165, 1.54) is 42.4 Å². The summed E-state index contributed by atoms with van der Waals surface area (Å²) in [6.07, 6.45) is 6.59. The van der Waals surface area contributed by atoms with Gasteiger partial charge in [0, 0.05) is 12.6 Å². The number of aromatic nitrogens is 2. The third-order valence-electron chi connectivity index (χ3n) is 3.59. The van der Waals surface area contributed by atoms with Gasteiger partial charge >= 0.3 is 0 Å². The zero-order chi connectivity index (χ0) is 15.1. The lowest BCUT2D eigenvalue weighted by Crippen LogP contribution is -2.41. The Morgan fingerprint density at radius 2 is 2.29 bits per heavy atom. The molecule has 0 spiro atoms. The Morgan fingerprint density at radius 1 is 1.48 bits per heavy atom. The van der Waals surface area contributed by atoms with Crippen molar-refractivity contribution in [2.75, 3.05) is 17.6 Å². The predicted molar refractivity (Wildman–Crippen MR) is 88.9 cm³/mol. The number of thioether (sulfide) groups is 1. The molecule has 1 aliphatic rings. The Balaban J connectivity index is 1.73. The van der Waals surface area contributed by atoms with Crippen LogP contribution in [0.3, 0.4) is 0 Å². The van der Waals surface area contributed by atoms with E-state index in [0.717, 1.165) is 15.9 Å². The molecule has 7 heteroatoms. The third-order valence-corrected chi connectivity index (χ3v) is 5.60. The standard InChI is InChI=1S/C14H22N4OS2/c1-3-8-15-13-17-18-14(21-13)20-9-12(19)16-11-7-5-4-6-10(11)2/h3,10-11H,1,4-9H2,2H3,(H,15,17)(H,16,19)/t10-,11-/m1/s1. The first kappa shape index (κ1) is 16.3. The Hall–Kier alpha value is -1.08. The van der Waals surface area contributed by atoms with Crippen LogP contribution in [0.25, 0.3) is 0 Å². The summed E-state index contributed by atoms with van der Waals surface area (Å²) in [5, 5.41) is 15.1. The van der Waals surface area contributed by atoms with Gasteiger partial charge in [0.05, 0.1) is 5.75 Å². The van der Waals surface area contributed by atoms with E-state index in [4.69, 9.17) is 0 Å². The number of amides is 1. The van der Waals surface area contributed by atoms with E-state index >= 15 is 0 Å². The summed E-state index contributed by atoms with van der Waals surface area (Å²) < 4.78 is 0.813. The second kappa shape index (κ2) is 8.38. The van der Waals surface area contributed by atoms with Gasteiger partial charge in [0.1, 0.15) is 0 Å². The van der Waals surface area contributed by atoms with Crippen molar-refractivity contribution in [3.63, 3.8) is 0 Å². The normalized spacial score (nSPS) is 21.8. The number of carbonyl (C=O) groups excluding carboxylic acids is 1. The molecule has 0 unspecified atom stereocenters. The van der Waals surface area contributed by atoms with Crippen molar-refractivity contribution in [1.82, 2.24) is 15.5 Å². The van der Waals surface area contributed by atoms with Crippen LogP contribution in [0.1, 0.15) is 32.6 Å². The van der Waals surface area contributed by atoms with Crippen molar-refractivity contribution < 1.29 is 4.79 Å². The lowest BCUT2D eigenvalue weighted by Gasteiger charge is -2.29. The molecule has 21 heavy (non-hydrogen) atoms. The summed E-state index contributed by atoms with van der Waals surface area (Å²) in [6.45, 7) is 6.53. The topological polar surface area (TPSA) is 66.9 Å². The number of nitrogens with one attached hydrogen (secondary N) is 2. The van der Waals surface area contributed by atoms with Crippen molar-refractivity contribution in [3.8, 4) is 0 Å². The average Bonchev–Trinajstić information content (AvgIpc) is 2.93. The lowest BCUT2D eigenvalue weighted by atomic mass is 9.86. The molecule has 5 nitrogen and oxygen atoms in total. The second-order valence-corrected chi connectivity index (χ2v) is 7.47. The van der Waals surface area contributed by atoms with E-state index in [1.54, 1.807) is 6.08 Å². The number of nitrogens with zero attached hydrogens (tertiary/aromatic N) is 2. The fraction of sp³-hybridized carbons (Fsp3) is 0.643. The minimum Gasteiger partial charge on any atom is -0.357 e. The monoisotopic (exact) mass is 326 g/mol. The van der Waals surface area contributed by atoms with E-state index in [0.29, 0.717) is 24.3 Å². The van der Waals surface area contributed by atoms with Gasteiger partial charge in [-0.15, -0.1) is 16.8 Å². The van der Waals surface area contributed by atoms with Crippen LogP contribution in [-0.2, 0) is 4.79 Å². The van der Waals surface area contributed by atoms with Crippen molar-refractivity contribution in [3.05, 3.63) is 12.7 Å². The zero-order valence-electron chi connectivity index (χ0n) is 12.3. The third kappa shape index (κ3) is 5.32. The van der Waals surface area contributed by atoms with Crippen LogP contribution in [0, 0.1) is 5.92 Å². The molecule has 1 heterocycles. The molecule has 0 radical (unpaired) electrons. The van der Waals surface area contributed by atoms with E-state index in [9.17, 15) is 4.79 Å². The average molecular weight is 326 g/mol. The number of anilines is 1. The highest BCUT2D eigenvalue weighted by atomic mass is 32.2. The van der Waals surface area contributed by atoms with Crippen LogP contribution in [-0.4, -0.2) is 34.4 Å². The largest absolute Gasteiger partial charge is 0.357 e. The fourth-order valence-electron chi connectivity index (χ4n) is 2.41. The number of hydrogen-bond donors (Lipinski definition) is 2. The zero-order valence-corrected chi connectivity index (χ0v) is 13.9. The molecule has 0 saturated heterocycles.